The Hall–Kier alpha value is 0.0439. The smallest absolute Gasteiger partial charge is 0.408 e. The standard InChI is InChI=1S/C13H22NO3.Y/c1-6-13(10(2)15)8-7-9-14(13)11(16)17-12(3,4)5;/h7H,6,8-9H2,1-5H3;/q-1;. The number of hydrogen-bond donors (Lipinski definition) is 0. The molecule has 0 aliphatic carbocycles. The van der Waals surface area contributed by atoms with Gasteiger partial charge in [0.05, 0.1) is 5.54 Å². The van der Waals surface area contributed by atoms with Crippen LogP contribution in [0.3, 0.4) is 0 Å². The summed E-state index contributed by atoms with van der Waals surface area (Å²) in [7, 11) is 0. The van der Waals surface area contributed by atoms with Crippen molar-refractivity contribution in [3.05, 3.63) is 6.42 Å². The summed E-state index contributed by atoms with van der Waals surface area (Å²) < 4.78 is 5.34. The normalized spacial score (nSPS) is 23.5. The van der Waals surface area contributed by atoms with E-state index in [0.717, 1.165) is 0 Å². The molecule has 0 bridgehead atoms. The Morgan fingerprint density at radius 3 is 2.33 bits per heavy atom. The van der Waals surface area contributed by atoms with Crippen LogP contribution >= 0.6 is 0 Å². The fourth-order valence-corrected chi connectivity index (χ4v) is 2.20. The molecule has 1 rings (SSSR count). The van der Waals surface area contributed by atoms with Crippen molar-refractivity contribution in [2.45, 2.75) is 58.6 Å². The molecule has 4 nitrogen and oxygen atoms in total. The van der Waals surface area contributed by atoms with Crippen LogP contribution < -0.4 is 0 Å². The van der Waals surface area contributed by atoms with Crippen molar-refractivity contribution >= 4 is 11.9 Å². The average Bonchev–Trinajstić information content (AvgIpc) is 2.59. The number of amides is 1. The number of carbonyl (C=O) groups is 2. The van der Waals surface area contributed by atoms with E-state index in [4.69, 9.17) is 4.74 Å². The molecule has 1 aliphatic heterocycles. The van der Waals surface area contributed by atoms with Gasteiger partial charge in [0.15, 0.2) is 5.78 Å². The Morgan fingerprint density at radius 2 is 1.94 bits per heavy atom. The maximum Gasteiger partial charge on any atom is 0.408 e. The van der Waals surface area contributed by atoms with E-state index in [2.05, 4.69) is 0 Å². The van der Waals surface area contributed by atoms with Crippen LogP contribution in [0, 0.1) is 6.42 Å². The van der Waals surface area contributed by atoms with E-state index in [1.54, 1.807) is 11.8 Å². The number of carbonyl (C=O) groups excluding carboxylic acids is 2. The maximum absolute atomic E-state index is 12.1. The van der Waals surface area contributed by atoms with E-state index in [9.17, 15) is 9.59 Å². The number of hydrogen-bond acceptors (Lipinski definition) is 3. The van der Waals surface area contributed by atoms with Crippen molar-refractivity contribution in [1.82, 2.24) is 4.90 Å². The third-order valence-electron chi connectivity index (χ3n) is 3.16. The van der Waals surface area contributed by atoms with E-state index < -0.39 is 17.2 Å². The van der Waals surface area contributed by atoms with Gasteiger partial charge in [-0.25, -0.2) is 4.79 Å². The van der Waals surface area contributed by atoms with Gasteiger partial charge in [-0.2, -0.15) is 0 Å². The number of rotatable bonds is 2. The fraction of sp³-hybridized carbons (Fsp3) is 0.769. The Kier molecular flexibility index (Phi) is 6.48. The van der Waals surface area contributed by atoms with Gasteiger partial charge in [-0.15, -0.1) is 6.42 Å². The van der Waals surface area contributed by atoms with Crippen LogP contribution in [0.4, 0.5) is 4.79 Å². The van der Waals surface area contributed by atoms with Gasteiger partial charge in [-0.05, 0) is 34.1 Å². The first kappa shape index (κ1) is 18.0. The predicted octanol–water partition coefficient (Wildman–Crippen LogP) is 2.57. The summed E-state index contributed by atoms with van der Waals surface area (Å²) in [6, 6.07) is 0. The van der Waals surface area contributed by atoms with Gasteiger partial charge in [0.1, 0.15) is 5.60 Å². The molecule has 1 fully saturated rings. The maximum atomic E-state index is 12.1. The van der Waals surface area contributed by atoms with E-state index >= 15 is 0 Å². The molecule has 0 spiro atoms. The molecule has 1 heterocycles. The molecule has 0 aromatic heterocycles. The zero-order valence-electron chi connectivity index (χ0n) is 11.9. The topological polar surface area (TPSA) is 46.6 Å². The third-order valence-corrected chi connectivity index (χ3v) is 3.16. The molecule has 1 amide bonds. The largest absolute Gasteiger partial charge is 0.444 e. The third kappa shape index (κ3) is 3.77. The minimum absolute atomic E-state index is 0. The molecular weight excluding hydrogens is 307 g/mol. The zero-order valence-corrected chi connectivity index (χ0v) is 14.8. The molecule has 1 aliphatic rings. The van der Waals surface area contributed by atoms with Crippen molar-refractivity contribution in [1.29, 1.82) is 0 Å². The van der Waals surface area contributed by atoms with Gasteiger partial charge in [0.2, 0.25) is 0 Å². The first-order chi connectivity index (χ1) is 7.73. The first-order valence-corrected chi connectivity index (χ1v) is 6.06. The van der Waals surface area contributed by atoms with Crippen molar-refractivity contribution in [2.75, 3.05) is 6.54 Å². The quantitative estimate of drug-likeness (QED) is 0.732. The molecule has 101 valence electrons. The molecule has 0 N–H and O–H groups in total. The predicted molar refractivity (Wildman–Crippen MR) is 65.6 cm³/mol. The van der Waals surface area contributed by atoms with Gasteiger partial charge in [0.25, 0.3) is 0 Å². The summed E-state index contributed by atoms with van der Waals surface area (Å²) in [5.74, 6) is 0.0274. The molecule has 5 heteroatoms. The second kappa shape index (κ2) is 6.47. The van der Waals surface area contributed by atoms with Crippen LogP contribution in [-0.4, -0.2) is 34.5 Å². The molecule has 18 heavy (non-hydrogen) atoms. The average molecular weight is 329 g/mol. The first-order valence-electron chi connectivity index (χ1n) is 6.06. The van der Waals surface area contributed by atoms with Gasteiger partial charge in [0, 0.05) is 32.7 Å². The molecule has 0 saturated carbocycles. The van der Waals surface area contributed by atoms with Crippen LogP contribution in [0.25, 0.3) is 0 Å². The number of nitrogens with zero attached hydrogens (tertiary/aromatic N) is 1. The number of likely N-dealkylation sites (tertiary alicyclic amines) is 1. The molecule has 0 aromatic carbocycles. The van der Waals surface area contributed by atoms with Crippen LogP contribution in [-0.2, 0) is 42.2 Å². The summed E-state index contributed by atoms with van der Waals surface area (Å²) in [5, 5.41) is 0. The monoisotopic (exact) mass is 329 g/mol. The number of Topliss-reactive ketones (excluding diaryl/α,β-unsaturated/α-hetero) is 1. The Balaban J connectivity index is 0.00000289. The van der Waals surface area contributed by atoms with E-state index in [1.807, 2.05) is 34.1 Å². The summed E-state index contributed by atoms with van der Waals surface area (Å²) in [5.41, 5.74) is -1.22. The molecule has 1 atom stereocenters. The Morgan fingerprint density at radius 1 is 1.39 bits per heavy atom. The minimum Gasteiger partial charge on any atom is -0.444 e. The van der Waals surface area contributed by atoms with Gasteiger partial charge < -0.3 is 16.1 Å². The van der Waals surface area contributed by atoms with Crippen LogP contribution in [0.15, 0.2) is 0 Å². The SMILES string of the molecule is CCC1(C(C)=O)C[CH-]CN1C(=O)OC(C)(C)C.[Y]. The number of ether oxygens (including phenoxy) is 1. The van der Waals surface area contributed by atoms with Crippen molar-refractivity contribution in [3.8, 4) is 0 Å². The van der Waals surface area contributed by atoms with E-state index in [0.29, 0.717) is 19.4 Å². The molecule has 1 radical (unpaired) electrons. The molecule has 0 aromatic rings. The minimum atomic E-state index is -0.692. The molecule has 1 unspecified atom stereocenters. The van der Waals surface area contributed by atoms with Crippen LogP contribution in [0.2, 0.25) is 0 Å². The van der Waals surface area contributed by atoms with Crippen LogP contribution in [0.5, 0.6) is 0 Å². The van der Waals surface area contributed by atoms with E-state index in [1.165, 1.54) is 0 Å². The van der Waals surface area contributed by atoms with Gasteiger partial charge in [-0.3, -0.25) is 4.79 Å². The van der Waals surface area contributed by atoms with E-state index in [-0.39, 0.29) is 38.5 Å². The summed E-state index contributed by atoms with van der Waals surface area (Å²) in [4.78, 5) is 25.4. The molecular formula is C13H22NO3Y-. The van der Waals surface area contributed by atoms with Gasteiger partial charge >= 0.3 is 6.09 Å². The Bertz CT molecular complexity index is 325. The zero-order chi connectivity index (χ0) is 13.3. The summed E-state index contributed by atoms with van der Waals surface area (Å²) in [6.07, 6.45) is 2.81. The summed E-state index contributed by atoms with van der Waals surface area (Å²) >= 11 is 0. The fourth-order valence-electron chi connectivity index (χ4n) is 2.20. The van der Waals surface area contributed by atoms with Crippen molar-refractivity contribution in [2.24, 2.45) is 0 Å². The Labute approximate surface area is 135 Å². The van der Waals surface area contributed by atoms with Gasteiger partial charge in [-0.1, -0.05) is 13.5 Å². The second-order valence-electron chi connectivity index (χ2n) is 5.53. The van der Waals surface area contributed by atoms with Crippen LogP contribution in [0.1, 0.15) is 47.5 Å². The summed E-state index contributed by atoms with van der Waals surface area (Å²) in [6.45, 7) is 9.44. The van der Waals surface area contributed by atoms with Crippen molar-refractivity contribution in [3.63, 3.8) is 0 Å². The molecule has 1 saturated heterocycles. The van der Waals surface area contributed by atoms with Crippen molar-refractivity contribution < 1.29 is 47.0 Å². The second-order valence-corrected chi connectivity index (χ2v) is 5.53. The number of ketones is 1.